The van der Waals surface area contributed by atoms with Gasteiger partial charge in [-0.3, -0.25) is 4.84 Å². The second-order valence-electron chi connectivity index (χ2n) is 6.37. The fourth-order valence-electron chi connectivity index (χ4n) is 2.79. The Labute approximate surface area is 188 Å². The van der Waals surface area contributed by atoms with Crippen molar-refractivity contribution in [2.24, 2.45) is 0 Å². The third-order valence-electron chi connectivity index (χ3n) is 3.91. The normalized spacial score (nSPS) is 16.6. The number of rotatable bonds is 2. The first kappa shape index (κ1) is 23.5. The Morgan fingerprint density at radius 1 is 0.862 bits per heavy atom. The summed E-state index contributed by atoms with van der Waals surface area (Å²) in [4.78, 5) is 7.63. The van der Waals surface area contributed by atoms with E-state index in [0.29, 0.717) is 0 Å². The van der Waals surface area contributed by atoms with Crippen LogP contribution >= 0.6 is 53.0 Å². The predicted molar refractivity (Wildman–Crippen MR) is 125 cm³/mol. The minimum absolute atomic E-state index is 0.830. The van der Waals surface area contributed by atoms with Gasteiger partial charge in [0.1, 0.15) is 24.1 Å². The van der Waals surface area contributed by atoms with Crippen LogP contribution in [0.2, 0.25) is 0 Å². The van der Waals surface area contributed by atoms with Gasteiger partial charge in [-0.05, 0) is 29.5 Å². The molecular formula is C17H17Cl6N4OSb. The molecule has 0 radical (unpaired) electrons. The van der Waals surface area contributed by atoms with Gasteiger partial charge in [-0.25, -0.2) is 0 Å². The van der Waals surface area contributed by atoms with Gasteiger partial charge >= 0.3 is 68.0 Å². The molecule has 1 aliphatic rings. The Bertz CT molecular complexity index is 1020. The van der Waals surface area contributed by atoms with E-state index in [0.717, 1.165) is 35.6 Å². The average molecular weight is 628 g/mol. The SMILES string of the molecule is [Cl][Sb-]([Cl])([Cl])([Cl])([Cl])[Cl].c1ccc(C(On2nnc3ccccc32)=[N+]2CCCC2)cc1. The van der Waals surface area contributed by atoms with Crippen LogP contribution in [0.5, 0.6) is 0 Å². The summed E-state index contributed by atoms with van der Waals surface area (Å²) >= 11 is 0. The molecule has 2 heterocycles. The topological polar surface area (TPSA) is 42.9 Å². The number of nitrogens with zero attached hydrogens (tertiary/aromatic N) is 4. The van der Waals surface area contributed by atoms with Crippen molar-refractivity contribution < 1.29 is 9.41 Å². The van der Waals surface area contributed by atoms with Crippen LogP contribution in [0, 0.1) is 0 Å². The number of hydrogen-bond acceptors (Lipinski definition) is 3. The molecule has 158 valence electrons. The maximum Gasteiger partial charge on any atom is 0.396 e. The van der Waals surface area contributed by atoms with Crippen LogP contribution in [0.3, 0.4) is 0 Å². The zero-order valence-corrected chi connectivity index (χ0v) is 22.0. The number of fused-ring (bicyclic) bond motifs is 1. The molecule has 12 heteroatoms. The molecule has 0 aliphatic carbocycles. The van der Waals surface area contributed by atoms with Crippen LogP contribution in [0.15, 0.2) is 54.6 Å². The van der Waals surface area contributed by atoms with Crippen molar-refractivity contribution in [3.63, 3.8) is 0 Å². The van der Waals surface area contributed by atoms with Gasteiger partial charge in [0.25, 0.3) is 0 Å². The molecule has 4 rings (SSSR count). The molecule has 0 amide bonds. The fourth-order valence-corrected chi connectivity index (χ4v) is 2.79. The average Bonchev–Trinajstić information content (AvgIpc) is 3.28. The quantitative estimate of drug-likeness (QED) is 0.203. The Morgan fingerprint density at radius 3 is 2.03 bits per heavy atom. The Morgan fingerprint density at radius 2 is 1.41 bits per heavy atom. The van der Waals surface area contributed by atoms with E-state index < -0.39 is 9.14 Å². The Kier molecular flexibility index (Phi) is 6.84. The van der Waals surface area contributed by atoms with Crippen molar-refractivity contribution in [3.05, 3.63) is 60.2 Å². The van der Waals surface area contributed by atoms with Gasteiger partial charge in [0, 0.05) is 12.8 Å². The van der Waals surface area contributed by atoms with Crippen molar-refractivity contribution in [1.29, 1.82) is 0 Å². The monoisotopic (exact) mass is 624 g/mol. The minimum Gasteiger partial charge on any atom is -0.292 e. The van der Waals surface area contributed by atoms with E-state index >= 15 is 0 Å². The molecule has 1 fully saturated rings. The van der Waals surface area contributed by atoms with Crippen LogP contribution in [0.25, 0.3) is 11.0 Å². The van der Waals surface area contributed by atoms with Gasteiger partial charge in [-0.1, -0.05) is 35.2 Å². The molecule has 0 atom stereocenters. The maximum atomic E-state index is 6.12. The van der Waals surface area contributed by atoms with Crippen molar-refractivity contribution >= 4 is 79.0 Å². The molecule has 1 aliphatic heterocycles. The first-order valence-corrected chi connectivity index (χ1v) is 28.0. The molecule has 0 spiro atoms. The van der Waals surface area contributed by atoms with Crippen molar-refractivity contribution in [2.45, 2.75) is 12.8 Å². The van der Waals surface area contributed by atoms with Gasteiger partial charge < -0.3 is 0 Å². The summed E-state index contributed by atoms with van der Waals surface area (Å²) in [5.41, 5.74) is 2.76. The van der Waals surface area contributed by atoms with Crippen molar-refractivity contribution in [3.8, 4) is 0 Å². The van der Waals surface area contributed by atoms with E-state index in [1.807, 2.05) is 42.5 Å². The fraction of sp³-hybridized carbons (Fsp3) is 0.235. The molecular weight excluding hydrogens is 611 g/mol. The minimum atomic E-state index is -5.42. The molecule has 1 aromatic heterocycles. The molecule has 5 nitrogen and oxygen atoms in total. The first-order chi connectivity index (χ1) is 13.4. The second kappa shape index (κ2) is 8.42. The molecule has 2 aromatic carbocycles. The zero-order chi connectivity index (χ0) is 21.2. The maximum absolute atomic E-state index is 6.12. The number of para-hydroxylation sites is 1. The van der Waals surface area contributed by atoms with Crippen LogP contribution in [-0.4, -0.2) is 47.9 Å². The van der Waals surface area contributed by atoms with Gasteiger partial charge in [-0.2, -0.15) is 4.58 Å². The zero-order valence-electron chi connectivity index (χ0n) is 14.9. The Hall–Kier alpha value is -0.132. The van der Waals surface area contributed by atoms with Crippen LogP contribution in [0.1, 0.15) is 18.4 Å². The third kappa shape index (κ3) is 8.49. The van der Waals surface area contributed by atoms with E-state index in [4.69, 9.17) is 57.8 Å². The van der Waals surface area contributed by atoms with Crippen LogP contribution in [0.4, 0.5) is 0 Å². The van der Waals surface area contributed by atoms with E-state index in [1.54, 1.807) is 0 Å². The summed E-state index contributed by atoms with van der Waals surface area (Å²) in [6.45, 7) is 2.02. The van der Waals surface area contributed by atoms with Crippen LogP contribution < -0.4 is 4.84 Å². The molecule has 0 N–H and O–H groups in total. The number of benzene rings is 2. The summed E-state index contributed by atoms with van der Waals surface area (Å²) in [6.07, 6.45) is 2.38. The molecule has 0 saturated carbocycles. The number of aromatic nitrogens is 3. The summed E-state index contributed by atoms with van der Waals surface area (Å²) in [6, 6.07) is 18.0. The Balaban J connectivity index is 0.000000298. The third-order valence-corrected chi connectivity index (χ3v) is 3.91. The summed E-state index contributed by atoms with van der Waals surface area (Å²) in [5.74, 6) is 0.841. The van der Waals surface area contributed by atoms with Gasteiger partial charge in [0.05, 0.1) is 5.56 Å². The van der Waals surface area contributed by atoms with E-state index in [9.17, 15) is 0 Å². The largest absolute Gasteiger partial charge is 0.396 e. The van der Waals surface area contributed by atoms with E-state index in [2.05, 4.69) is 27.0 Å². The smallest absolute Gasteiger partial charge is 0.292 e. The molecule has 1 saturated heterocycles. The van der Waals surface area contributed by atoms with Crippen molar-refractivity contribution in [1.82, 2.24) is 15.2 Å². The summed E-state index contributed by atoms with van der Waals surface area (Å²) < 4.78 is 2.27. The van der Waals surface area contributed by atoms with Gasteiger partial charge in [-0.15, -0.1) is 5.10 Å². The summed E-state index contributed by atoms with van der Waals surface area (Å²) in [7, 11) is 25.0. The van der Waals surface area contributed by atoms with Gasteiger partial charge in [0.15, 0.2) is 0 Å². The molecule has 3 aromatic rings. The first-order valence-electron chi connectivity index (χ1n) is 8.59. The molecule has 0 unspecified atom stereocenters. The van der Waals surface area contributed by atoms with Gasteiger partial charge in [0.2, 0.25) is 0 Å². The van der Waals surface area contributed by atoms with Crippen molar-refractivity contribution in [2.75, 3.05) is 13.1 Å². The van der Waals surface area contributed by atoms with E-state index in [-0.39, 0.29) is 0 Å². The predicted octanol–water partition coefficient (Wildman–Crippen LogP) is 5.87. The standard InChI is InChI=1S/C17H17N4O.6ClH.Sb/c1-2-8-14(9-3-1)17(20-12-6-7-13-20)22-21-16-11-5-4-10-15(16)18-19-21;;;;;;;/h1-5,8-11H,6-7,12-13H2;6*1H;/q+1;;;;;;;+5/p-6. The molecule has 29 heavy (non-hydrogen) atoms. The number of halogens is 6. The van der Waals surface area contributed by atoms with Crippen LogP contribution in [-0.2, 0) is 0 Å². The summed E-state index contributed by atoms with van der Waals surface area (Å²) in [5, 5.41) is 8.28. The second-order valence-corrected chi connectivity index (χ2v) is 63.3. The van der Waals surface area contributed by atoms with E-state index in [1.165, 1.54) is 17.7 Å². The molecule has 0 bridgehead atoms. The number of hydrogen-bond donors (Lipinski definition) is 0.